The molecule has 6 nitrogen and oxygen atoms in total. The van der Waals surface area contributed by atoms with Gasteiger partial charge in [0, 0.05) is 19.1 Å². The van der Waals surface area contributed by atoms with Crippen LogP contribution in [0.25, 0.3) is 0 Å². The lowest BCUT2D eigenvalue weighted by atomic mass is 9.72. The van der Waals surface area contributed by atoms with Crippen molar-refractivity contribution in [1.82, 2.24) is 15.5 Å². The van der Waals surface area contributed by atoms with Crippen LogP contribution in [-0.4, -0.2) is 55.2 Å². The third-order valence-corrected chi connectivity index (χ3v) is 4.08. The molecule has 122 valence electrons. The van der Waals surface area contributed by atoms with Crippen LogP contribution in [0.3, 0.4) is 0 Å². The first-order chi connectivity index (χ1) is 9.83. The monoisotopic (exact) mass is 299 g/mol. The number of carbonyl (C=O) groups excluding carboxylic acids is 1. The maximum absolute atomic E-state index is 11.9. The van der Waals surface area contributed by atoms with E-state index in [1.54, 1.807) is 0 Å². The van der Waals surface area contributed by atoms with Gasteiger partial charge in [0.15, 0.2) is 0 Å². The highest BCUT2D eigenvalue weighted by molar-refractivity contribution is 5.74. The molecule has 0 aromatic carbocycles. The van der Waals surface area contributed by atoms with Gasteiger partial charge in [-0.3, -0.25) is 4.79 Å². The van der Waals surface area contributed by atoms with Crippen molar-refractivity contribution in [3.63, 3.8) is 0 Å². The van der Waals surface area contributed by atoms with Crippen LogP contribution in [0.1, 0.15) is 45.4 Å². The summed E-state index contributed by atoms with van der Waals surface area (Å²) in [6.07, 6.45) is 5.16. The van der Waals surface area contributed by atoms with E-state index in [0.717, 1.165) is 38.6 Å². The zero-order chi connectivity index (χ0) is 15.9. The van der Waals surface area contributed by atoms with E-state index in [0.29, 0.717) is 6.54 Å². The van der Waals surface area contributed by atoms with Gasteiger partial charge in [0.05, 0.1) is 6.42 Å². The van der Waals surface area contributed by atoms with E-state index in [1.807, 2.05) is 25.9 Å². The van der Waals surface area contributed by atoms with E-state index in [1.165, 1.54) is 0 Å². The maximum atomic E-state index is 11.9. The van der Waals surface area contributed by atoms with Crippen LogP contribution >= 0.6 is 0 Å². The van der Waals surface area contributed by atoms with Crippen molar-refractivity contribution in [2.24, 2.45) is 5.41 Å². The van der Waals surface area contributed by atoms with Gasteiger partial charge in [0.2, 0.25) is 0 Å². The molecular formula is C15H29N3O3. The van der Waals surface area contributed by atoms with Gasteiger partial charge in [-0.2, -0.15) is 0 Å². The number of nitrogens with zero attached hydrogens (tertiary/aromatic N) is 1. The van der Waals surface area contributed by atoms with Crippen LogP contribution in [0, 0.1) is 5.41 Å². The summed E-state index contributed by atoms with van der Waals surface area (Å²) < 4.78 is 0. The van der Waals surface area contributed by atoms with Crippen LogP contribution < -0.4 is 10.6 Å². The molecule has 1 aliphatic rings. The first kappa shape index (κ1) is 17.8. The molecule has 1 saturated carbocycles. The van der Waals surface area contributed by atoms with Crippen LogP contribution in [-0.2, 0) is 4.79 Å². The molecule has 1 rings (SSSR count). The molecule has 1 fully saturated rings. The SMILES string of the molecule is CC(CN(C)C)NC(=O)NCC1(CC(=O)O)CCCCC1. The van der Waals surface area contributed by atoms with Crippen molar-refractivity contribution in [1.29, 1.82) is 0 Å². The van der Waals surface area contributed by atoms with Crippen molar-refractivity contribution < 1.29 is 14.7 Å². The second-order valence-electron chi connectivity index (χ2n) is 6.62. The standard InChI is InChI=1S/C15H29N3O3/c1-12(10-18(2)3)17-14(21)16-11-15(9-13(19)20)7-5-4-6-8-15/h12H,4-11H2,1-3H3,(H,19,20)(H2,16,17,21). The summed E-state index contributed by atoms with van der Waals surface area (Å²) in [7, 11) is 3.92. The fourth-order valence-electron chi connectivity index (χ4n) is 3.17. The van der Waals surface area contributed by atoms with Crippen molar-refractivity contribution in [2.45, 2.75) is 51.5 Å². The number of hydrogen-bond acceptors (Lipinski definition) is 3. The summed E-state index contributed by atoms with van der Waals surface area (Å²) in [5, 5.41) is 14.9. The Hall–Kier alpha value is -1.30. The van der Waals surface area contributed by atoms with Gasteiger partial charge >= 0.3 is 12.0 Å². The summed E-state index contributed by atoms with van der Waals surface area (Å²) in [4.78, 5) is 25.0. The number of nitrogens with one attached hydrogen (secondary N) is 2. The Kier molecular flexibility index (Phi) is 6.95. The molecular weight excluding hydrogens is 270 g/mol. The molecule has 1 unspecified atom stereocenters. The minimum Gasteiger partial charge on any atom is -0.481 e. The fourth-order valence-corrected chi connectivity index (χ4v) is 3.17. The topological polar surface area (TPSA) is 81.7 Å². The largest absolute Gasteiger partial charge is 0.481 e. The number of hydrogen-bond donors (Lipinski definition) is 3. The average Bonchev–Trinajstić information content (AvgIpc) is 2.35. The second-order valence-corrected chi connectivity index (χ2v) is 6.62. The Morgan fingerprint density at radius 1 is 1.24 bits per heavy atom. The Morgan fingerprint density at radius 2 is 1.86 bits per heavy atom. The summed E-state index contributed by atoms with van der Waals surface area (Å²) >= 11 is 0. The predicted molar refractivity (Wildman–Crippen MR) is 82.3 cm³/mol. The Labute approximate surface area is 127 Å². The summed E-state index contributed by atoms with van der Waals surface area (Å²) in [5.74, 6) is -0.778. The van der Waals surface area contributed by atoms with Gasteiger partial charge in [0.25, 0.3) is 0 Å². The number of rotatable bonds is 7. The predicted octanol–water partition coefficient (Wildman–Crippen LogP) is 1.66. The number of carboxylic acids is 1. The molecule has 0 aromatic heterocycles. The third kappa shape index (κ3) is 6.80. The lowest BCUT2D eigenvalue weighted by Gasteiger charge is -2.36. The van der Waals surface area contributed by atoms with E-state index in [4.69, 9.17) is 5.11 Å². The molecule has 1 atom stereocenters. The van der Waals surface area contributed by atoms with E-state index < -0.39 is 5.97 Å². The normalized spacial score (nSPS) is 19.0. The lowest BCUT2D eigenvalue weighted by molar-refractivity contribution is -0.140. The number of amides is 2. The Bertz CT molecular complexity index is 352. The summed E-state index contributed by atoms with van der Waals surface area (Å²) in [5.41, 5.74) is -0.272. The zero-order valence-corrected chi connectivity index (χ0v) is 13.4. The lowest BCUT2D eigenvalue weighted by Crippen LogP contribution is -2.48. The van der Waals surface area contributed by atoms with Crippen molar-refractivity contribution in [3.05, 3.63) is 0 Å². The molecule has 0 radical (unpaired) electrons. The molecule has 0 saturated heterocycles. The number of likely N-dealkylation sites (N-methyl/N-ethyl adjacent to an activating group) is 1. The van der Waals surface area contributed by atoms with Crippen molar-refractivity contribution in [3.8, 4) is 0 Å². The van der Waals surface area contributed by atoms with E-state index in [-0.39, 0.29) is 23.9 Å². The number of carboxylic acid groups (broad SMARTS) is 1. The van der Waals surface area contributed by atoms with Gasteiger partial charge in [-0.05, 0) is 39.3 Å². The van der Waals surface area contributed by atoms with E-state index >= 15 is 0 Å². The Balaban J connectivity index is 2.45. The van der Waals surface area contributed by atoms with Gasteiger partial charge in [0.1, 0.15) is 0 Å². The van der Waals surface area contributed by atoms with Crippen molar-refractivity contribution >= 4 is 12.0 Å². The second kappa shape index (κ2) is 8.22. The third-order valence-electron chi connectivity index (χ3n) is 4.08. The van der Waals surface area contributed by atoms with Crippen LogP contribution in [0.15, 0.2) is 0 Å². The van der Waals surface area contributed by atoms with E-state index in [2.05, 4.69) is 10.6 Å². The highest BCUT2D eigenvalue weighted by Gasteiger charge is 2.34. The number of urea groups is 1. The van der Waals surface area contributed by atoms with Gasteiger partial charge in [-0.25, -0.2) is 4.79 Å². The van der Waals surface area contributed by atoms with Crippen LogP contribution in [0.2, 0.25) is 0 Å². The molecule has 0 aromatic rings. The molecule has 6 heteroatoms. The molecule has 21 heavy (non-hydrogen) atoms. The molecule has 1 aliphatic carbocycles. The summed E-state index contributed by atoms with van der Waals surface area (Å²) in [6, 6.07) is -0.151. The highest BCUT2D eigenvalue weighted by Crippen LogP contribution is 2.38. The number of aliphatic carboxylic acids is 1. The van der Waals surface area contributed by atoms with Gasteiger partial charge < -0.3 is 20.6 Å². The molecule has 2 amide bonds. The van der Waals surface area contributed by atoms with Crippen molar-refractivity contribution in [2.75, 3.05) is 27.2 Å². The molecule has 0 spiro atoms. The fraction of sp³-hybridized carbons (Fsp3) is 0.867. The van der Waals surface area contributed by atoms with Crippen LogP contribution in [0.4, 0.5) is 4.79 Å². The smallest absolute Gasteiger partial charge is 0.315 e. The minimum atomic E-state index is -0.778. The van der Waals surface area contributed by atoms with E-state index in [9.17, 15) is 9.59 Å². The average molecular weight is 299 g/mol. The minimum absolute atomic E-state index is 0.0572. The van der Waals surface area contributed by atoms with Gasteiger partial charge in [-0.1, -0.05) is 19.3 Å². The molecule has 3 N–H and O–H groups in total. The quantitative estimate of drug-likeness (QED) is 0.668. The Morgan fingerprint density at radius 3 is 2.38 bits per heavy atom. The number of carbonyl (C=O) groups is 2. The first-order valence-electron chi connectivity index (χ1n) is 7.74. The zero-order valence-electron chi connectivity index (χ0n) is 13.4. The highest BCUT2D eigenvalue weighted by atomic mass is 16.4. The van der Waals surface area contributed by atoms with Crippen LogP contribution in [0.5, 0.6) is 0 Å². The molecule has 0 bridgehead atoms. The molecule has 0 aliphatic heterocycles. The maximum Gasteiger partial charge on any atom is 0.315 e. The summed E-state index contributed by atoms with van der Waals surface area (Å²) in [6.45, 7) is 3.17. The van der Waals surface area contributed by atoms with Gasteiger partial charge in [-0.15, -0.1) is 0 Å². The molecule has 0 heterocycles. The first-order valence-corrected chi connectivity index (χ1v) is 7.74.